The van der Waals surface area contributed by atoms with E-state index in [4.69, 9.17) is 16.1 Å². The third-order valence-corrected chi connectivity index (χ3v) is 4.80. The van der Waals surface area contributed by atoms with Crippen LogP contribution in [-0.2, 0) is 10.0 Å². The normalized spacial score (nSPS) is 16.8. The predicted octanol–water partition coefficient (Wildman–Crippen LogP) is 0.191. The molecule has 0 atom stereocenters. The van der Waals surface area contributed by atoms with Crippen LogP contribution in [0.4, 0.5) is 5.69 Å². The summed E-state index contributed by atoms with van der Waals surface area (Å²) in [6.45, 7) is 0.142. The zero-order valence-corrected chi connectivity index (χ0v) is 11.1. The van der Waals surface area contributed by atoms with Crippen molar-refractivity contribution in [2.75, 3.05) is 18.9 Å². The zero-order chi connectivity index (χ0) is 14.1. The molecular formula is C12H15N3O3S. The number of sulfonamides is 1. The SMILES string of the molecule is N#Cc1cc(N)ccc1S(=O)(=O)NCC1(CO)CC1. The molecule has 1 aliphatic carbocycles. The first kappa shape index (κ1) is 13.8. The molecule has 0 bridgehead atoms. The van der Waals surface area contributed by atoms with Crippen molar-refractivity contribution in [2.24, 2.45) is 5.41 Å². The van der Waals surface area contributed by atoms with Crippen LogP contribution in [0.5, 0.6) is 0 Å². The van der Waals surface area contributed by atoms with Gasteiger partial charge in [0.1, 0.15) is 6.07 Å². The Kier molecular flexibility index (Phi) is 3.49. The Morgan fingerprint density at radius 1 is 1.47 bits per heavy atom. The largest absolute Gasteiger partial charge is 0.399 e. The van der Waals surface area contributed by atoms with E-state index in [2.05, 4.69) is 4.72 Å². The van der Waals surface area contributed by atoms with Gasteiger partial charge in [-0.3, -0.25) is 0 Å². The molecule has 1 aromatic carbocycles. The number of nitrogens with one attached hydrogen (secondary N) is 1. The van der Waals surface area contributed by atoms with Crippen molar-refractivity contribution < 1.29 is 13.5 Å². The highest BCUT2D eigenvalue weighted by atomic mass is 32.2. The molecule has 1 aromatic rings. The molecule has 2 rings (SSSR count). The van der Waals surface area contributed by atoms with Gasteiger partial charge in [-0.05, 0) is 31.0 Å². The quantitative estimate of drug-likeness (QED) is 0.666. The smallest absolute Gasteiger partial charge is 0.241 e. The van der Waals surface area contributed by atoms with Gasteiger partial charge in [0, 0.05) is 24.3 Å². The van der Waals surface area contributed by atoms with Crippen molar-refractivity contribution in [1.82, 2.24) is 4.72 Å². The lowest BCUT2D eigenvalue weighted by Crippen LogP contribution is -2.32. The van der Waals surface area contributed by atoms with E-state index in [1.807, 2.05) is 6.07 Å². The van der Waals surface area contributed by atoms with Gasteiger partial charge in [0.2, 0.25) is 10.0 Å². The standard InChI is InChI=1S/C12H15N3O3S/c13-6-9-5-10(14)1-2-11(9)19(17,18)15-7-12(8-16)3-4-12/h1-2,5,15-16H,3-4,7-8,14H2. The summed E-state index contributed by atoms with van der Waals surface area (Å²) in [5.41, 5.74) is 5.55. The van der Waals surface area contributed by atoms with Gasteiger partial charge in [-0.1, -0.05) is 0 Å². The van der Waals surface area contributed by atoms with Gasteiger partial charge in [0.25, 0.3) is 0 Å². The number of hydrogen-bond donors (Lipinski definition) is 3. The number of aliphatic hydroxyl groups is 1. The molecule has 4 N–H and O–H groups in total. The molecule has 0 saturated heterocycles. The lowest BCUT2D eigenvalue weighted by atomic mass is 10.1. The lowest BCUT2D eigenvalue weighted by Gasteiger charge is -2.13. The number of benzene rings is 1. The van der Waals surface area contributed by atoms with Crippen LogP contribution in [0.3, 0.4) is 0 Å². The maximum absolute atomic E-state index is 12.1. The predicted molar refractivity (Wildman–Crippen MR) is 69.5 cm³/mol. The second kappa shape index (κ2) is 4.81. The number of anilines is 1. The first-order valence-electron chi connectivity index (χ1n) is 5.83. The summed E-state index contributed by atoms with van der Waals surface area (Å²) < 4.78 is 26.7. The van der Waals surface area contributed by atoms with Crippen molar-refractivity contribution in [3.8, 4) is 6.07 Å². The van der Waals surface area contributed by atoms with Crippen molar-refractivity contribution in [3.63, 3.8) is 0 Å². The van der Waals surface area contributed by atoms with E-state index < -0.39 is 10.0 Å². The third kappa shape index (κ3) is 2.87. The summed E-state index contributed by atoms with van der Waals surface area (Å²) in [6.07, 6.45) is 1.61. The zero-order valence-electron chi connectivity index (χ0n) is 10.3. The minimum Gasteiger partial charge on any atom is -0.399 e. The van der Waals surface area contributed by atoms with Crippen molar-refractivity contribution in [1.29, 1.82) is 5.26 Å². The molecule has 0 aromatic heterocycles. The van der Waals surface area contributed by atoms with Gasteiger partial charge in [-0.2, -0.15) is 5.26 Å². The fourth-order valence-electron chi connectivity index (χ4n) is 1.76. The summed E-state index contributed by atoms with van der Waals surface area (Å²) in [5.74, 6) is 0. The second-order valence-corrected chi connectivity index (χ2v) is 6.59. The van der Waals surface area contributed by atoms with E-state index in [0.29, 0.717) is 5.69 Å². The molecule has 102 valence electrons. The lowest BCUT2D eigenvalue weighted by molar-refractivity contribution is 0.213. The van der Waals surface area contributed by atoms with Gasteiger partial charge in [0.05, 0.1) is 10.5 Å². The van der Waals surface area contributed by atoms with E-state index in [9.17, 15) is 8.42 Å². The first-order chi connectivity index (χ1) is 8.92. The Labute approximate surface area is 111 Å². The van der Waals surface area contributed by atoms with Crippen LogP contribution in [0.25, 0.3) is 0 Å². The first-order valence-corrected chi connectivity index (χ1v) is 7.31. The number of hydrogen-bond acceptors (Lipinski definition) is 5. The molecule has 7 heteroatoms. The third-order valence-electron chi connectivity index (χ3n) is 3.34. The number of aliphatic hydroxyl groups excluding tert-OH is 1. The number of nitrogens with two attached hydrogens (primary N) is 1. The Morgan fingerprint density at radius 3 is 2.68 bits per heavy atom. The van der Waals surface area contributed by atoms with Gasteiger partial charge in [-0.25, -0.2) is 13.1 Å². The van der Waals surface area contributed by atoms with Crippen LogP contribution in [0.1, 0.15) is 18.4 Å². The van der Waals surface area contributed by atoms with Gasteiger partial charge in [-0.15, -0.1) is 0 Å². The van der Waals surface area contributed by atoms with Crippen LogP contribution in [0.2, 0.25) is 0 Å². The van der Waals surface area contributed by atoms with E-state index in [1.54, 1.807) is 0 Å². The molecule has 1 saturated carbocycles. The molecule has 0 spiro atoms. The summed E-state index contributed by atoms with van der Waals surface area (Å²) in [6, 6.07) is 5.90. The fourth-order valence-corrected chi connectivity index (χ4v) is 3.06. The monoisotopic (exact) mass is 281 g/mol. The van der Waals surface area contributed by atoms with Crippen LogP contribution < -0.4 is 10.5 Å². The van der Waals surface area contributed by atoms with E-state index >= 15 is 0 Å². The molecule has 6 nitrogen and oxygen atoms in total. The fraction of sp³-hybridized carbons (Fsp3) is 0.417. The Morgan fingerprint density at radius 2 is 2.16 bits per heavy atom. The van der Waals surface area contributed by atoms with Crippen LogP contribution in [-0.4, -0.2) is 26.7 Å². The maximum atomic E-state index is 12.1. The molecule has 0 heterocycles. The minimum absolute atomic E-state index is 0.0151. The van der Waals surface area contributed by atoms with Crippen molar-refractivity contribution in [2.45, 2.75) is 17.7 Å². The molecule has 1 aliphatic rings. The number of nitrogen functional groups attached to an aromatic ring is 1. The maximum Gasteiger partial charge on any atom is 0.241 e. The van der Waals surface area contributed by atoms with Crippen molar-refractivity contribution in [3.05, 3.63) is 23.8 Å². The van der Waals surface area contributed by atoms with E-state index in [-0.39, 0.29) is 29.0 Å². The highest BCUT2D eigenvalue weighted by Crippen LogP contribution is 2.44. The van der Waals surface area contributed by atoms with Gasteiger partial charge >= 0.3 is 0 Å². The molecular weight excluding hydrogens is 266 g/mol. The van der Waals surface area contributed by atoms with Gasteiger partial charge in [0.15, 0.2) is 0 Å². The summed E-state index contributed by atoms with van der Waals surface area (Å²) >= 11 is 0. The average Bonchev–Trinajstić information content (AvgIpc) is 3.17. The van der Waals surface area contributed by atoms with Crippen LogP contribution in [0, 0.1) is 16.7 Å². The summed E-state index contributed by atoms with van der Waals surface area (Å²) in [7, 11) is -3.76. The second-order valence-electron chi connectivity index (χ2n) is 4.85. The Hall–Kier alpha value is -1.62. The molecule has 19 heavy (non-hydrogen) atoms. The Bertz CT molecular complexity index is 630. The molecule has 0 radical (unpaired) electrons. The molecule has 0 unspecified atom stereocenters. The molecule has 0 aliphatic heterocycles. The van der Waals surface area contributed by atoms with Crippen molar-refractivity contribution >= 4 is 15.7 Å². The van der Waals surface area contributed by atoms with E-state index in [0.717, 1.165) is 12.8 Å². The molecule has 0 amide bonds. The highest BCUT2D eigenvalue weighted by molar-refractivity contribution is 7.89. The number of rotatable bonds is 5. The topological polar surface area (TPSA) is 116 Å². The minimum atomic E-state index is -3.76. The number of nitriles is 1. The number of nitrogens with zero attached hydrogens (tertiary/aromatic N) is 1. The average molecular weight is 281 g/mol. The summed E-state index contributed by atoms with van der Waals surface area (Å²) in [5, 5.41) is 18.1. The molecule has 1 fully saturated rings. The van der Waals surface area contributed by atoms with Crippen LogP contribution in [0.15, 0.2) is 23.1 Å². The summed E-state index contributed by atoms with van der Waals surface area (Å²) in [4.78, 5) is -0.0852. The van der Waals surface area contributed by atoms with Crippen LogP contribution >= 0.6 is 0 Å². The highest BCUT2D eigenvalue weighted by Gasteiger charge is 2.42. The van der Waals surface area contributed by atoms with E-state index in [1.165, 1.54) is 18.2 Å². The Balaban J connectivity index is 2.23. The van der Waals surface area contributed by atoms with Gasteiger partial charge < -0.3 is 10.8 Å².